The van der Waals surface area contributed by atoms with E-state index in [1.54, 1.807) is 18.3 Å². The van der Waals surface area contributed by atoms with Crippen LogP contribution in [0.2, 0.25) is 0 Å². The SMILES string of the molecule is CSc1cc(C(=O)N2CCNCC2c2nccn2C)ccc1NC(C)=O.Cl. The van der Waals surface area contributed by atoms with Crippen molar-refractivity contribution in [1.29, 1.82) is 0 Å². The second-order valence-corrected chi connectivity index (χ2v) is 7.06. The average molecular weight is 410 g/mol. The first-order chi connectivity index (χ1) is 12.5. The zero-order valence-electron chi connectivity index (χ0n) is 15.6. The molecule has 27 heavy (non-hydrogen) atoms. The fourth-order valence-electron chi connectivity index (χ4n) is 3.16. The molecular weight excluding hydrogens is 386 g/mol. The molecular formula is C18H24ClN5O2S. The van der Waals surface area contributed by atoms with Gasteiger partial charge in [-0.15, -0.1) is 24.2 Å². The summed E-state index contributed by atoms with van der Waals surface area (Å²) in [5.41, 5.74) is 1.34. The molecule has 0 radical (unpaired) electrons. The van der Waals surface area contributed by atoms with Crippen molar-refractivity contribution in [3.05, 3.63) is 42.0 Å². The van der Waals surface area contributed by atoms with Gasteiger partial charge in [0.25, 0.3) is 5.91 Å². The smallest absolute Gasteiger partial charge is 0.254 e. The van der Waals surface area contributed by atoms with Crippen LogP contribution in [0.1, 0.15) is 29.1 Å². The molecule has 1 aromatic carbocycles. The molecule has 2 N–H and O–H groups in total. The van der Waals surface area contributed by atoms with E-state index in [0.717, 1.165) is 23.0 Å². The highest BCUT2D eigenvalue weighted by Crippen LogP contribution is 2.29. The van der Waals surface area contributed by atoms with Gasteiger partial charge in [0.05, 0.1) is 5.69 Å². The molecule has 1 aromatic heterocycles. The summed E-state index contributed by atoms with van der Waals surface area (Å²) in [4.78, 5) is 31.7. The quantitative estimate of drug-likeness (QED) is 0.757. The van der Waals surface area contributed by atoms with Crippen molar-refractivity contribution in [2.75, 3.05) is 31.2 Å². The predicted molar refractivity (Wildman–Crippen MR) is 110 cm³/mol. The van der Waals surface area contributed by atoms with Gasteiger partial charge < -0.3 is 20.1 Å². The van der Waals surface area contributed by atoms with Gasteiger partial charge in [0, 0.05) is 56.5 Å². The zero-order chi connectivity index (χ0) is 18.7. The van der Waals surface area contributed by atoms with Crippen LogP contribution in [0.25, 0.3) is 0 Å². The van der Waals surface area contributed by atoms with Gasteiger partial charge >= 0.3 is 0 Å². The minimum atomic E-state index is -0.128. The van der Waals surface area contributed by atoms with Gasteiger partial charge in [0.2, 0.25) is 5.91 Å². The summed E-state index contributed by atoms with van der Waals surface area (Å²) in [6, 6.07) is 5.29. The molecule has 1 saturated heterocycles. The van der Waals surface area contributed by atoms with Crippen molar-refractivity contribution in [1.82, 2.24) is 19.8 Å². The van der Waals surface area contributed by atoms with Gasteiger partial charge in [-0.3, -0.25) is 9.59 Å². The van der Waals surface area contributed by atoms with Crippen molar-refractivity contribution in [2.24, 2.45) is 7.05 Å². The summed E-state index contributed by atoms with van der Waals surface area (Å²) in [6.07, 6.45) is 5.57. The number of carbonyl (C=O) groups is 2. The Morgan fingerprint density at radius 1 is 1.37 bits per heavy atom. The van der Waals surface area contributed by atoms with E-state index in [1.807, 2.05) is 35.0 Å². The van der Waals surface area contributed by atoms with Crippen LogP contribution in [0.15, 0.2) is 35.5 Å². The zero-order valence-corrected chi connectivity index (χ0v) is 17.2. The van der Waals surface area contributed by atoms with E-state index < -0.39 is 0 Å². The lowest BCUT2D eigenvalue weighted by molar-refractivity contribution is -0.114. The Labute approximate surface area is 169 Å². The van der Waals surface area contributed by atoms with Crippen molar-refractivity contribution in [3.63, 3.8) is 0 Å². The van der Waals surface area contributed by atoms with E-state index in [2.05, 4.69) is 15.6 Å². The third kappa shape index (κ3) is 4.63. The predicted octanol–water partition coefficient (Wildman–Crippen LogP) is 2.31. The summed E-state index contributed by atoms with van der Waals surface area (Å²) in [6.45, 7) is 3.53. The number of aryl methyl sites for hydroxylation is 1. The van der Waals surface area contributed by atoms with Crippen molar-refractivity contribution >= 4 is 41.7 Å². The van der Waals surface area contributed by atoms with E-state index in [1.165, 1.54) is 18.7 Å². The molecule has 2 heterocycles. The largest absolute Gasteiger partial charge is 0.336 e. The first kappa shape index (κ1) is 21.3. The Balaban J connectivity index is 0.00000261. The highest BCUT2D eigenvalue weighted by Gasteiger charge is 2.31. The van der Waals surface area contributed by atoms with E-state index in [9.17, 15) is 9.59 Å². The Kier molecular flexibility index (Phi) is 7.29. The summed E-state index contributed by atoms with van der Waals surface area (Å²) in [5.74, 6) is 0.714. The molecule has 0 bridgehead atoms. The Hall–Kier alpha value is -2.03. The lowest BCUT2D eigenvalue weighted by Gasteiger charge is -2.36. The number of nitrogens with zero attached hydrogens (tertiary/aromatic N) is 3. The summed E-state index contributed by atoms with van der Waals surface area (Å²) >= 11 is 1.50. The van der Waals surface area contributed by atoms with Crippen LogP contribution in [0.5, 0.6) is 0 Å². The third-order valence-electron chi connectivity index (χ3n) is 4.42. The normalized spacial score (nSPS) is 16.6. The van der Waals surface area contributed by atoms with Crippen molar-refractivity contribution in [2.45, 2.75) is 17.9 Å². The van der Waals surface area contributed by atoms with Crippen LogP contribution in [-0.2, 0) is 11.8 Å². The third-order valence-corrected chi connectivity index (χ3v) is 5.20. The summed E-state index contributed by atoms with van der Waals surface area (Å²) in [5, 5.41) is 6.14. The lowest BCUT2D eigenvalue weighted by atomic mass is 10.1. The molecule has 2 amide bonds. The number of anilines is 1. The number of carbonyl (C=O) groups excluding carboxylic acids is 2. The van der Waals surface area contributed by atoms with Crippen LogP contribution in [-0.4, -0.2) is 52.2 Å². The van der Waals surface area contributed by atoms with Gasteiger partial charge in [-0.2, -0.15) is 0 Å². The van der Waals surface area contributed by atoms with Crippen LogP contribution >= 0.6 is 24.2 Å². The molecule has 0 spiro atoms. The monoisotopic (exact) mass is 409 g/mol. The van der Waals surface area contributed by atoms with Crippen LogP contribution < -0.4 is 10.6 Å². The standard InChI is InChI=1S/C18H23N5O2S.ClH/c1-12(24)21-14-5-4-13(10-16(14)26-3)18(25)23-9-6-19-11-15(23)17-20-7-8-22(17)2;/h4-5,7-8,10,15,19H,6,9,11H2,1-3H3,(H,21,24);1H. The number of benzene rings is 1. The fourth-order valence-corrected chi connectivity index (χ4v) is 3.74. The minimum absolute atomic E-state index is 0. The number of rotatable bonds is 4. The molecule has 7 nitrogen and oxygen atoms in total. The summed E-state index contributed by atoms with van der Waals surface area (Å²) < 4.78 is 1.95. The number of thioether (sulfide) groups is 1. The molecule has 3 rings (SSSR count). The van der Waals surface area contributed by atoms with Crippen LogP contribution in [0.4, 0.5) is 5.69 Å². The fraction of sp³-hybridized carbons (Fsp3) is 0.389. The van der Waals surface area contributed by atoms with Crippen molar-refractivity contribution in [3.8, 4) is 0 Å². The van der Waals surface area contributed by atoms with Crippen LogP contribution in [0.3, 0.4) is 0 Å². The number of nitrogens with one attached hydrogen (secondary N) is 2. The molecule has 1 unspecified atom stereocenters. The number of halogens is 1. The number of piperazine rings is 1. The number of amides is 2. The molecule has 146 valence electrons. The van der Waals surface area contributed by atoms with Gasteiger partial charge in [0.15, 0.2) is 0 Å². The van der Waals surface area contributed by atoms with Gasteiger partial charge in [0.1, 0.15) is 11.9 Å². The van der Waals surface area contributed by atoms with Gasteiger partial charge in [-0.05, 0) is 24.5 Å². The molecule has 1 fully saturated rings. The van der Waals surface area contributed by atoms with E-state index in [-0.39, 0.29) is 30.3 Å². The highest BCUT2D eigenvalue weighted by molar-refractivity contribution is 7.98. The van der Waals surface area contributed by atoms with Crippen molar-refractivity contribution < 1.29 is 9.59 Å². The second-order valence-electron chi connectivity index (χ2n) is 6.21. The number of hydrogen-bond donors (Lipinski definition) is 2. The molecule has 0 saturated carbocycles. The van der Waals surface area contributed by atoms with Gasteiger partial charge in [-0.1, -0.05) is 0 Å². The first-order valence-corrected chi connectivity index (χ1v) is 9.68. The topological polar surface area (TPSA) is 79.3 Å². The van der Waals surface area contributed by atoms with E-state index >= 15 is 0 Å². The maximum absolute atomic E-state index is 13.2. The molecule has 1 aliphatic rings. The average Bonchev–Trinajstić information content (AvgIpc) is 3.07. The summed E-state index contributed by atoms with van der Waals surface area (Å²) in [7, 11) is 1.94. The molecule has 1 aliphatic heterocycles. The van der Waals surface area contributed by atoms with E-state index in [0.29, 0.717) is 18.7 Å². The molecule has 9 heteroatoms. The Morgan fingerprint density at radius 2 is 2.15 bits per heavy atom. The minimum Gasteiger partial charge on any atom is -0.336 e. The number of imidazole rings is 1. The van der Waals surface area contributed by atoms with E-state index in [4.69, 9.17) is 0 Å². The first-order valence-electron chi connectivity index (χ1n) is 8.45. The maximum atomic E-state index is 13.2. The Bertz CT molecular complexity index is 826. The Morgan fingerprint density at radius 3 is 2.78 bits per heavy atom. The number of aromatic nitrogens is 2. The number of hydrogen-bond acceptors (Lipinski definition) is 5. The lowest BCUT2D eigenvalue weighted by Crippen LogP contribution is -2.49. The molecule has 1 atom stereocenters. The second kappa shape index (κ2) is 9.25. The van der Waals surface area contributed by atoms with Gasteiger partial charge in [-0.25, -0.2) is 4.98 Å². The maximum Gasteiger partial charge on any atom is 0.254 e. The molecule has 0 aliphatic carbocycles. The van der Waals surface area contributed by atoms with Crippen LogP contribution in [0, 0.1) is 0 Å². The molecule has 2 aromatic rings. The highest BCUT2D eigenvalue weighted by atomic mass is 35.5.